The van der Waals surface area contributed by atoms with E-state index in [1.54, 1.807) is 29.2 Å². The SMILES string of the molecule is Cc1cc(C)cc(Sc2ccc(C#N)cc2S(=O)(=O)N2CCN(C(=O)c3ccccc3)CC2)c1. The number of piperazine rings is 1. The van der Waals surface area contributed by atoms with E-state index in [9.17, 15) is 18.5 Å². The molecule has 0 N–H and O–H groups in total. The second kappa shape index (κ2) is 10.0. The quantitative estimate of drug-likeness (QED) is 0.526. The molecule has 174 valence electrons. The molecule has 4 rings (SSSR count). The van der Waals surface area contributed by atoms with E-state index in [2.05, 4.69) is 6.07 Å². The number of nitrogens with zero attached hydrogens (tertiary/aromatic N) is 3. The number of amides is 1. The summed E-state index contributed by atoms with van der Waals surface area (Å²) in [6, 6.07) is 21.9. The van der Waals surface area contributed by atoms with Crippen LogP contribution < -0.4 is 0 Å². The van der Waals surface area contributed by atoms with Gasteiger partial charge in [0, 0.05) is 41.5 Å². The third-order valence-electron chi connectivity index (χ3n) is 5.66. The Morgan fingerprint density at radius 1 is 0.912 bits per heavy atom. The first kappa shape index (κ1) is 24.0. The summed E-state index contributed by atoms with van der Waals surface area (Å²) in [5.74, 6) is -0.102. The lowest BCUT2D eigenvalue weighted by Crippen LogP contribution is -2.50. The van der Waals surface area contributed by atoms with Crippen LogP contribution in [-0.2, 0) is 10.0 Å². The van der Waals surface area contributed by atoms with Crippen molar-refractivity contribution in [1.82, 2.24) is 9.21 Å². The van der Waals surface area contributed by atoms with Crippen molar-refractivity contribution in [2.24, 2.45) is 0 Å². The van der Waals surface area contributed by atoms with E-state index >= 15 is 0 Å². The maximum absolute atomic E-state index is 13.6. The largest absolute Gasteiger partial charge is 0.336 e. The number of hydrogen-bond donors (Lipinski definition) is 0. The first-order valence-electron chi connectivity index (χ1n) is 10.9. The monoisotopic (exact) mass is 491 g/mol. The van der Waals surface area contributed by atoms with Gasteiger partial charge >= 0.3 is 0 Å². The summed E-state index contributed by atoms with van der Waals surface area (Å²) < 4.78 is 28.7. The molecule has 1 fully saturated rings. The maximum atomic E-state index is 13.6. The molecule has 0 saturated carbocycles. The summed E-state index contributed by atoms with van der Waals surface area (Å²) in [4.78, 5) is 16.1. The lowest BCUT2D eigenvalue weighted by atomic mass is 10.2. The number of sulfonamides is 1. The summed E-state index contributed by atoms with van der Waals surface area (Å²) in [5, 5.41) is 9.39. The van der Waals surface area contributed by atoms with Crippen molar-refractivity contribution in [1.29, 1.82) is 5.26 Å². The highest BCUT2D eigenvalue weighted by atomic mass is 32.2. The molecule has 0 bridgehead atoms. The van der Waals surface area contributed by atoms with E-state index in [1.807, 2.05) is 50.2 Å². The van der Waals surface area contributed by atoms with E-state index < -0.39 is 10.0 Å². The van der Waals surface area contributed by atoms with Gasteiger partial charge in [-0.3, -0.25) is 4.79 Å². The highest BCUT2D eigenvalue weighted by molar-refractivity contribution is 8.00. The van der Waals surface area contributed by atoms with Gasteiger partial charge in [0.25, 0.3) is 5.91 Å². The third kappa shape index (κ3) is 5.17. The van der Waals surface area contributed by atoms with Crippen molar-refractivity contribution in [3.63, 3.8) is 0 Å². The Bertz CT molecular complexity index is 1340. The normalized spacial score (nSPS) is 14.6. The minimum Gasteiger partial charge on any atom is -0.336 e. The number of nitriles is 1. The predicted octanol–water partition coefficient (Wildman–Crippen LogP) is 4.47. The third-order valence-corrected chi connectivity index (χ3v) is 8.78. The summed E-state index contributed by atoms with van der Waals surface area (Å²) >= 11 is 1.38. The van der Waals surface area contributed by atoms with Crippen LogP contribution in [0.15, 0.2) is 81.4 Å². The van der Waals surface area contributed by atoms with Gasteiger partial charge in [0.05, 0.1) is 16.5 Å². The van der Waals surface area contributed by atoms with E-state index in [4.69, 9.17) is 0 Å². The lowest BCUT2D eigenvalue weighted by Gasteiger charge is -2.34. The van der Waals surface area contributed by atoms with Gasteiger partial charge in [0.1, 0.15) is 0 Å². The van der Waals surface area contributed by atoms with Gasteiger partial charge in [-0.25, -0.2) is 8.42 Å². The molecular weight excluding hydrogens is 466 g/mol. The molecule has 1 aliphatic heterocycles. The van der Waals surface area contributed by atoms with Gasteiger partial charge in [-0.15, -0.1) is 0 Å². The Hall–Kier alpha value is -3.12. The van der Waals surface area contributed by atoms with E-state index in [0.29, 0.717) is 29.1 Å². The lowest BCUT2D eigenvalue weighted by molar-refractivity contribution is 0.0698. The van der Waals surface area contributed by atoms with Crippen LogP contribution >= 0.6 is 11.8 Å². The first-order valence-corrected chi connectivity index (χ1v) is 13.2. The van der Waals surface area contributed by atoms with E-state index in [1.165, 1.54) is 22.1 Å². The van der Waals surface area contributed by atoms with Crippen molar-refractivity contribution in [3.05, 3.63) is 89.0 Å². The Balaban J connectivity index is 1.58. The van der Waals surface area contributed by atoms with Crippen LogP contribution in [0.4, 0.5) is 0 Å². The van der Waals surface area contributed by atoms with Gasteiger partial charge in [-0.1, -0.05) is 36.0 Å². The van der Waals surface area contributed by atoms with Gasteiger partial charge in [-0.05, 0) is 67.4 Å². The molecule has 34 heavy (non-hydrogen) atoms. The molecule has 1 aliphatic rings. The van der Waals surface area contributed by atoms with Gasteiger partial charge in [0.2, 0.25) is 10.0 Å². The molecule has 3 aromatic carbocycles. The Kier molecular flexibility index (Phi) is 7.08. The van der Waals surface area contributed by atoms with Crippen molar-refractivity contribution < 1.29 is 13.2 Å². The van der Waals surface area contributed by atoms with Gasteiger partial charge in [0.15, 0.2) is 0 Å². The number of rotatable bonds is 5. The zero-order valence-corrected chi connectivity index (χ0v) is 20.7. The van der Waals surface area contributed by atoms with Crippen LogP contribution in [0, 0.1) is 25.2 Å². The molecule has 8 heteroatoms. The molecule has 0 radical (unpaired) electrons. The second-order valence-corrected chi connectivity index (χ2v) is 11.3. The fourth-order valence-corrected chi connectivity index (χ4v) is 7.02. The highest BCUT2D eigenvalue weighted by Crippen LogP contribution is 2.36. The average molecular weight is 492 g/mol. The van der Waals surface area contributed by atoms with Crippen LogP contribution in [0.3, 0.4) is 0 Å². The topological polar surface area (TPSA) is 81.5 Å². The fraction of sp³-hybridized carbons (Fsp3) is 0.231. The Labute approximate surface area is 204 Å². The zero-order chi connectivity index (χ0) is 24.3. The van der Waals surface area contributed by atoms with Crippen molar-refractivity contribution >= 4 is 27.7 Å². The van der Waals surface area contributed by atoms with Crippen LogP contribution in [-0.4, -0.2) is 49.7 Å². The standard InChI is InChI=1S/C26H25N3O3S2/c1-19-14-20(2)16-23(15-19)33-24-9-8-21(18-27)17-25(24)34(31,32)29-12-10-28(11-13-29)26(30)22-6-4-3-5-7-22/h3-9,14-17H,10-13H2,1-2H3. The molecule has 6 nitrogen and oxygen atoms in total. The number of carbonyl (C=O) groups is 1. The zero-order valence-electron chi connectivity index (χ0n) is 19.1. The summed E-state index contributed by atoms with van der Waals surface area (Å²) in [6.07, 6.45) is 0. The molecule has 1 saturated heterocycles. The van der Waals surface area contributed by atoms with Crippen LogP contribution in [0.2, 0.25) is 0 Å². The first-order chi connectivity index (χ1) is 16.3. The fourth-order valence-electron chi connectivity index (χ4n) is 4.02. The summed E-state index contributed by atoms with van der Waals surface area (Å²) in [6.45, 7) is 5.03. The molecule has 0 unspecified atom stereocenters. The average Bonchev–Trinajstić information content (AvgIpc) is 2.83. The summed E-state index contributed by atoms with van der Waals surface area (Å²) in [7, 11) is -3.86. The predicted molar refractivity (Wildman–Crippen MR) is 132 cm³/mol. The van der Waals surface area contributed by atoms with Crippen LogP contribution in [0.1, 0.15) is 27.0 Å². The number of aryl methyl sites for hydroxylation is 2. The van der Waals surface area contributed by atoms with Crippen LogP contribution in [0.25, 0.3) is 0 Å². The van der Waals surface area contributed by atoms with Crippen molar-refractivity contribution in [2.75, 3.05) is 26.2 Å². The molecule has 1 heterocycles. The highest BCUT2D eigenvalue weighted by Gasteiger charge is 2.32. The van der Waals surface area contributed by atoms with E-state index in [0.717, 1.165) is 16.0 Å². The molecule has 0 atom stereocenters. The Morgan fingerprint density at radius 2 is 1.56 bits per heavy atom. The molecular formula is C26H25N3O3S2. The minimum absolute atomic E-state index is 0.102. The molecule has 0 spiro atoms. The minimum atomic E-state index is -3.86. The number of hydrogen-bond acceptors (Lipinski definition) is 5. The Morgan fingerprint density at radius 3 is 2.18 bits per heavy atom. The number of benzene rings is 3. The molecule has 3 aromatic rings. The summed E-state index contributed by atoms with van der Waals surface area (Å²) in [5.41, 5.74) is 3.08. The maximum Gasteiger partial charge on any atom is 0.253 e. The van der Waals surface area contributed by atoms with Crippen molar-refractivity contribution in [3.8, 4) is 6.07 Å². The van der Waals surface area contributed by atoms with Gasteiger partial charge in [-0.2, -0.15) is 9.57 Å². The molecule has 0 aromatic heterocycles. The second-order valence-electron chi connectivity index (χ2n) is 8.26. The smallest absolute Gasteiger partial charge is 0.253 e. The van der Waals surface area contributed by atoms with Crippen LogP contribution in [0.5, 0.6) is 0 Å². The van der Waals surface area contributed by atoms with E-state index in [-0.39, 0.29) is 23.9 Å². The van der Waals surface area contributed by atoms with Gasteiger partial charge < -0.3 is 4.90 Å². The molecule has 1 amide bonds. The molecule has 0 aliphatic carbocycles. The number of carbonyl (C=O) groups excluding carboxylic acids is 1. The van der Waals surface area contributed by atoms with Crippen molar-refractivity contribution in [2.45, 2.75) is 28.5 Å².